The zero-order valence-corrected chi connectivity index (χ0v) is 12.8. The molecule has 0 aromatic heterocycles. The number of carbonyl (C=O) groups is 2. The minimum Gasteiger partial charge on any atom is -0.481 e. The van der Waals surface area contributed by atoms with Crippen LogP contribution in [-0.4, -0.2) is 73.2 Å². The number of sulfonamides is 1. The van der Waals surface area contributed by atoms with Gasteiger partial charge in [-0.2, -0.15) is 4.31 Å². The molecule has 2 aliphatic rings. The van der Waals surface area contributed by atoms with E-state index in [1.807, 2.05) is 0 Å². The van der Waals surface area contributed by atoms with E-state index in [2.05, 4.69) is 5.32 Å². The summed E-state index contributed by atoms with van der Waals surface area (Å²) in [7, 11) is -3.20. The van der Waals surface area contributed by atoms with Gasteiger partial charge in [-0.15, -0.1) is 0 Å². The maximum Gasteiger partial charge on any atom is 0.317 e. The summed E-state index contributed by atoms with van der Waals surface area (Å²) in [5, 5.41) is 11.8. The molecule has 2 fully saturated rings. The second-order valence-electron chi connectivity index (χ2n) is 5.64. The molecule has 8 nitrogen and oxygen atoms in total. The van der Waals surface area contributed by atoms with Gasteiger partial charge in [-0.3, -0.25) is 4.79 Å². The van der Waals surface area contributed by atoms with Gasteiger partial charge in [0, 0.05) is 32.2 Å². The van der Waals surface area contributed by atoms with E-state index < -0.39 is 16.0 Å². The van der Waals surface area contributed by atoms with Gasteiger partial charge in [0.05, 0.1) is 12.2 Å². The van der Waals surface area contributed by atoms with Crippen LogP contribution in [0.25, 0.3) is 0 Å². The van der Waals surface area contributed by atoms with Crippen molar-refractivity contribution in [2.75, 3.05) is 32.4 Å². The molecule has 2 rings (SSSR count). The quantitative estimate of drug-likeness (QED) is 0.731. The highest BCUT2D eigenvalue weighted by Gasteiger charge is 2.32. The van der Waals surface area contributed by atoms with E-state index in [-0.39, 0.29) is 18.0 Å². The van der Waals surface area contributed by atoms with Crippen LogP contribution in [0.4, 0.5) is 4.79 Å². The molecule has 1 saturated carbocycles. The maximum atomic E-state index is 12.1. The van der Waals surface area contributed by atoms with E-state index in [1.54, 1.807) is 4.90 Å². The lowest BCUT2D eigenvalue weighted by Crippen LogP contribution is -2.54. The van der Waals surface area contributed by atoms with Gasteiger partial charge in [0.1, 0.15) is 0 Å². The molecule has 0 aromatic rings. The van der Waals surface area contributed by atoms with Crippen LogP contribution in [-0.2, 0) is 14.8 Å². The summed E-state index contributed by atoms with van der Waals surface area (Å²) in [6.45, 7) is 1.31. The number of carboxylic acid groups (broad SMARTS) is 1. The first-order valence-corrected chi connectivity index (χ1v) is 8.85. The second kappa shape index (κ2) is 6.18. The summed E-state index contributed by atoms with van der Waals surface area (Å²) < 4.78 is 24.1. The molecule has 120 valence electrons. The van der Waals surface area contributed by atoms with E-state index in [1.165, 1.54) is 4.31 Å². The van der Waals surface area contributed by atoms with E-state index >= 15 is 0 Å². The van der Waals surface area contributed by atoms with Crippen molar-refractivity contribution >= 4 is 22.0 Å². The van der Waals surface area contributed by atoms with Gasteiger partial charge in [0.25, 0.3) is 0 Å². The average Bonchev–Trinajstić information content (AvgIpc) is 2.86. The fourth-order valence-electron chi connectivity index (χ4n) is 2.83. The molecule has 1 saturated heterocycles. The van der Waals surface area contributed by atoms with Gasteiger partial charge >= 0.3 is 12.0 Å². The molecular formula is C12H21N3O5S. The van der Waals surface area contributed by atoms with Crippen LogP contribution in [0.5, 0.6) is 0 Å². The monoisotopic (exact) mass is 319 g/mol. The highest BCUT2D eigenvalue weighted by atomic mass is 32.2. The Balaban J connectivity index is 1.79. The molecule has 0 radical (unpaired) electrons. The number of aliphatic carboxylic acids is 1. The summed E-state index contributed by atoms with van der Waals surface area (Å²) >= 11 is 0. The standard InChI is InChI=1S/C12H21N3O5S/c1-21(19,20)15-6-4-14(5-7-15)12(18)13-10-3-2-9(8-10)11(16)17/h9-10H,2-8H2,1H3,(H,13,18)(H,16,17). The maximum absolute atomic E-state index is 12.1. The van der Waals surface area contributed by atoms with Crippen LogP contribution in [0.3, 0.4) is 0 Å². The van der Waals surface area contributed by atoms with Crippen molar-refractivity contribution in [2.24, 2.45) is 5.92 Å². The highest BCUT2D eigenvalue weighted by molar-refractivity contribution is 7.88. The predicted molar refractivity (Wildman–Crippen MR) is 75.3 cm³/mol. The number of piperazine rings is 1. The SMILES string of the molecule is CS(=O)(=O)N1CCN(C(=O)NC2CCC(C(=O)O)C2)CC1. The minimum absolute atomic E-state index is 0.105. The molecule has 1 aliphatic carbocycles. The summed E-state index contributed by atoms with van der Waals surface area (Å²) in [6, 6.07) is -0.342. The largest absolute Gasteiger partial charge is 0.481 e. The normalized spacial score (nSPS) is 27.6. The van der Waals surface area contributed by atoms with Crippen molar-refractivity contribution in [3.05, 3.63) is 0 Å². The Morgan fingerprint density at radius 1 is 1.14 bits per heavy atom. The summed E-state index contributed by atoms with van der Waals surface area (Å²) in [4.78, 5) is 24.5. The number of carboxylic acids is 1. The number of nitrogens with one attached hydrogen (secondary N) is 1. The highest BCUT2D eigenvalue weighted by Crippen LogP contribution is 2.25. The Hall–Kier alpha value is -1.35. The number of hydrogen-bond acceptors (Lipinski definition) is 4. The number of urea groups is 1. The smallest absolute Gasteiger partial charge is 0.317 e. The third-order valence-electron chi connectivity index (χ3n) is 4.10. The summed E-state index contributed by atoms with van der Waals surface area (Å²) in [5.74, 6) is -1.19. The molecule has 9 heteroatoms. The van der Waals surface area contributed by atoms with Crippen molar-refractivity contribution in [1.29, 1.82) is 0 Å². The van der Waals surface area contributed by atoms with E-state index in [0.29, 0.717) is 45.4 Å². The van der Waals surface area contributed by atoms with Gasteiger partial charge in [0.15, 0.2) is 0 Å². The van der Waals surface area contributed by atoms with Gasteiger partial charge in [-0.05, 0) is 19.3 Å². The van der Waals surface area contributed by atoms with Crippen molar-refractivity contribution < 1.29 is 23.1 Å². The molecule has 21 heavy (non-hydrogen) atoms. The average molecular weight is 319 g/mol. The van der Waals surface area contributed by atoms with Gasteiger partial charge < -0.3 is 15.3 Å². The van der Waals surface area contributed by atoms with E-state index in [9.17, 15) is 18.0 Å². The van der Waals surface area contributed by atoms with Crippen molar-refractivity contribution in [3.63, 3.8) is 0 Å². The predicted octanol–water partition coefficient (Wildman–Crippen LogP) is -0.473. The first-order valence-electron chi connectivity index (χ1n) is 7.00. The van der Waals surface area contributed by atoms with Crippen molar-refractivity contribution in [3.8, 4) is 0 Å². The first kappa shape index (κ1) is 16.0. The Morgan fingerprint density at radius 3 is 2.24 bits per heavy atom. The molecule has 2 atom stereocenters. The van der Waals surface area contributed by atoms with Gasteiger partial charge in [-0.25, -0.2) is 13.2 Å². The van der Waals surface area contributed by atoms with Crippen molar-refractivity contribution in [1.82, 2.24) is 14.5 Å². The van der Waals surface area contributed by atoms with Crippen LogP contribution in [0.2, 0.25) is 0 Å². The Labute approximate surface area is 124 Å². The number of rotatable bonds is 3. The zero-order valence-electron chi connectivity index (χ0n) is 12.0. The van der Waals surface area contributed by atoms with Crippen LogP contribution < -0.4 is 5.32 Å². The molecule has 0 spiro atoms. The number of hydrogen-bond donors (Lipinski definition) is 2. The second-order valence-corrected chi connectivity index (χ2v) is 7.63. The molecule has 1 aliphatic heterocycles. The van der Waals surface area contributed by atoms with Crippen LogP contribution in [0.1, 0.15) is 19.3 Å². The molecule has 2 unspecified atom stereocenters. The third kappa shape index (κ3) is 4.07. The van der Waals surface area contributed by atoms with E-state index in [4.69, 9.17) is 5.11 Å². The number of amides is 2. The molecule has 2 amide bonds. The Morgan fingerprint density at radius 2 is 1.76 bits per heavy atom. The van der Waals surface area contributed by atoms with Crippen LogP contribution in [0, 0.1) is 5.92 Å². The van der Waals surface area contributed by atoms with Gasteiger partial charge in [0.2, 0.25) is 10.0 Å². The lowest BCUT2D eigenvalue weighted by Gasteiger charge is -2.33. The number of nitrogens with zero attached hydrogens (tertiary/aromatic N) is 2. The Kier molecular flexibility index (Phi) is 4.72. The molecule has 2 N–H and O–H groups in total. The minimum atomic E-state index is -3.20. The van der Waals surface area contributed by atoms with Crippen molar-refractivity contribution in [2.45, 2.75) is 25.3 Å². The van der Waals surface area contributed by atoms with Crippen LogP contribution >= 0.6 is 0 Å². The first-order chi connectivity index (χ1) is 9.77. The van der Waals surface area contributed by atoms with Gasteiger partial charge in [-0.1, -0.05) is 0 Å². The molecule has 0 aromatic carbocycles. The Bertz CT molecular complexity index is 513. The van der Waals surface area contributed by atoms with E-state index in [0.717, 1.165) is 6.26 Å². The molecule has 1 heterocycles. The third-order valence-corrected chi connectivity index (χ3v) is 5.41. The fourth-order valence-corrected chi connectivity index (χ4v) is 3.65. The summed E-state index contributed by atoms with van der Waals surface area (Å²) in [6.07, 6.45) is 2.88. The molecule has 0 bridgehead atoms. The topological polar surface area (TPSA) is 107 Å². The summed E-state index contributed by atoms with van der Waals surface area (Å²) in [5.41, 5.74) is 0. The fraction of sp³-hybridized carbons (Fsp3) is 0.833. The molecular weight excluding hydrogens is 298 g/mol. The number of carbonyl (C=O) groups excluding carboxylic acids is 1. The van der Waals surface area contributed by atoms with Crippen LogP contribution in [0.15, 0.2) is 0 Å². The zero-order chi connectivity index (χ0) is 15.6. The lowest BCUT2D eigenvalue weighted by molar-refractivity contribution is -0.141. The lowest BCUT2D eigenvalue weighted by atomic mass is 10.1.